The van der Waals surface area contributed by atoms with E-state index in [1.54, 1.807) is 37.9 Å². The number of rotatable bonds is 1. The molecule has 0 atom stereocenters. The van der Waals surface area contributed by atoms with Crippen molar-refractivity contribution in [2.24, 2.45) is 0 Å². The lowest BCUT2D eigenvalue weighted by molar-refractivity contribution is 0.588. The molecule has 0 fully saturated rings. The van der Waals surface area contributed by atoms with Gasteiger partial charge in [-0.1, -0.05) is 0 Å². The van der Waals surface area contributed by atoms with Gasteiger partial charge >= 0.3 is 0 Å². The Morgan fingerprint density at radius 1 is 1.13 bits per heavy atom. The van der Waals surface area contributed by atoms with Crippen molar-refractivity contribution in [1.82, 2.24) is 9.97 Å². The molecule has 5 heteroatoms. The summed E-state index contributed by atoms with van der Waals surface area (Å²) in [5.74, 6) is 0. The van der Waals surface area contributed by atoms with Gasteiger partial charge in [0.25, 0.3) is 0 Å². The molecule has 0 amide bonds. The van der Waals surface area contributed by atoms with E-state index < -0.39 is 7.14 Å². The fourth-order valence-corrected chi connectivity index (χ4v) is 2.60. The van der Waals surface area contributed by atoms with Crippen molar-refractivity contribution in [3.05, 3.63) is 24.5 Å². The summed E-state index contributed by atoms with van der Waals surface area (Å²) in [5.41, 5.74) is 7.81. The Morgan fingerprint density at radius 3 is 2.20 bits per heavy atom. The first-order valence-corrected chi connectivity index (χ1v) is 7.14. The Bertz CT molecular complexity index is 562. The molecule has 2 rings (SSSR count). The lowest BCUT2D eigenvalue weighted by Gasteiger charge is -2.10. The molecule has 1 aromatic heterocycles. The van der Waals surface area contributed by atoms with Crippen molar-refractivity contribution >= 4 is 29.2 Å². The second kappa shape index (κ2) is 3.31. The van der Waals surface area contributed by atoms with Crippen LogP contribution in [0.5, 0.6) is 0 Å². The highest BCUT2D eigenvalue weighted by Gasteiger charge is 2.15. The molecule has 0 saturated heterocycles. The van der Waals surface area contributed by atoms with Crippen molar-refractivity contribution in [2.45, 2.75) is 0 Å². The van der Waals surface area contributed by atoms with Crippen LogP contribution >= 0.6 is 7.14 Å². The maximum absolute atomic E-state index is 12.0. The van der Waals surface area contributed by atoms with Gasteiger partial charge in [-0.05, 0) is 25.5 Å². The Hall–Kier alpha value is -1.41. The topological polar surface area (TPSA) is 68.9 Å². The molecule has 1 heterocycles. The van der Waals surface area contributed by atoms with Gasteiger partial charge in [0.2, 0.25) is 0 Å². The van der Waals surface area contributed by atoms with Gasteiger partial charge in [0, 0.05) is 23.4 Å². The monoisotopic (exact) mass is 221 g/mol. The van der Waals surface area contributed by atoms with E-state index in [2.05, 4.69) is 9.97 Å². The minimum absolute atomic E-state index is 0.524. The molecule has 0 unspecified atom stereocenters. The van der Waals surface area contributed by atoms with Crippen LogP contribution in [0.3, 0.4) is 0 Å². The molecule has 1 aromatic carbocycles. The van der Waals surface area contributed by atoms with Crippen LogP contribution < -0.4 is 11.0 Å². The van der Waals surface area contributed by atoms with Gasteiger partial charge in [-0.2, -0.15) is 0 Å². The Kier molecular flexibility index (Phi) is 2.24. The van der Waals surface area contributed by atoms with Gasteiger partial charge in [-0.15, -0.1) is 0 Å². The lowest BCUT2D eigenvalue weighted by atomic mass is 10.2. The second-order valence-corrected chi connectivity index (χ2v) is 6.99. The molecule has 2 N–H and O–H groups in total. The summed E-state index contributed by atoms with van der Waals surface area (Å²) in [4.78, 5) is 8.29. The molecule has 78 valence electrons. The predicted molar refractivity (Wildman–Crippen MR) is 63.0 cm³/mol. The number of fused-ring (bicyclic) bond motifs is 1. The highest BCUT2D eigenvalue weighted by molar-refractivity contribution is 7.70. The SMILES string of the molecule is CP(C)(=O)c1cc2nccnc2cc1N. The maximum Gasteiger partial charge on any atom is 0.111 e. The van der Waals surface area contributed by atoms with E-state index in [9.17, 15) is 4.57 Å². The van der Waals surface area contributed by atoms with Crippen LogP contribution in [0.15, 0.2) is 24.5 Å². The highest BCUT2D eigenvalue weighted by Crippen LogP contribution is 2.37. The molecule has 15 heavy (non-hydrogen) atoms. The first-order chi connectivity index (χ1) is 6.98. The first-order valence-electron chi connectivity index (χ1n) is 4.54. The first kappa shape index (κ1) is 10.1. The number of benzene rings is 1. The average molecular weight is 221 g/mol. The van der Waals surface area contributed by atoms with E-state index in [1.165, 1.54) is 0 Å². The molecular weight excluding hydrogens is 209 g/mol. The zero-order valence-corrected chi connectivity index (χ0v) is 9.53. The smallest absolute Gasteiger partial charge is 0.111 e. The van der Waals surface area contributed by atoms with Gasteiger partial charge in [0.1, 0.15) is 7.14 Å². The van der Waals surface area contributed by atoms with Crippen LogP contribution in [0.2, 0.25) is 0 Å². The summed E-state index contributed by atoms with van der Waals surface area (Å²) < 4.78 is 12.0. The van der Waals surface area contributed by atoms with Crippen molar-refractivity contribution in [3.63, 3.8) is 0 Å². The van der Waals surface area contributed by atoms with Crippen LogP contribution in [-0.4, -0.2) is 23.3 Å². The van der Waals surface area contributed by atoms with E-state index in [-0.39, 0.29) is 0 Å². The number of nitrogen functional groups attached to an aromatic ring is 1. The molecule has 0 bridgehead atoms. The van der Waals surface area contributed by atoms with E-state index in [1.807, 2.05) is 0 Å². The molecule has 4 nitrogen and oxygen atoms in total. The van der Waals surface area contributed by atoms with E-state index >= 15 is 0 Å². The number of anilines is 1. The highest BCUT2D eigenvalue weighted by atomic mass is 31.2. The molecule has 0 aliphatic heterocycles. The minimum Gasteiger partial charge on any atom is -0.398 e. The molecule has 0 aliphatic rings. The lowest BCUT2D eigenvalue weighted by Crippen LogP contribution is -2.10. The summed E-state index contributed by atoms with van der Waals surface area (Å²) in [5, 5.41) is 0.676. The van der Waals surface area contributed by atoms with Gasteiger partial charge in [-0.3, -0.25) is 9.97 Å². The summed E-state index contributed by atoms with van der Waals surface area (Å²) in [7, 11) is -2.35. The maximum atomic E-state index is 12.0. The number of nitrogens with two attached hydrogens (primary N) is 1. The third-order valence-corrected chi connectivity index (χ3v) is 3.75. The normalized spacial score (nSPS) is 11.9. The quantitative estimate of drug-likeness (QED) is 0.584. The molecule has 0 radical (unpaired) electrons. The third kappa shape index (κ3) is 1.85. The number of hydrogen-bond acceptors (Lipinski definition) is 4. The molecule has 2 aromatic rings. The number of aromatic nitrogens is 2. The van der Waals surface area contributed by atoms with Crippen LogP contribution in [0.25, 0.3) is 11.0 Å². The summed E-state index contributed by atoms with van der Waals surface area (Å²) >= 11 is 0. The summed E-state index contributed by atoms with van der Waals surface area (Å²) in [6, 6.07) is 3.48. The molecule has 0 aliphatic carbocycles. The van der Waals surface area contributed by atoms with Crippen molar-refractivity contribution in [3.8, 4) is 0 Å². The van der Waals surface area contributed by atoms with Gasteiger partial charge in [0.05, 0.1) is 11.0 Å². The molecule has 0 spiro atoms. The Balaban J connectivity index is 2.79. The zero-order valence-electron chi connectivity index (χ0n) is 8.64. The van der Waals surface area contributed by atoms with Crippen LogP contribution in [-0.2, 0) is 4.57 Å². The van der Waals surface area contributed by atoms with Gasteiger partial charge in [0.15, 0.2) is 0 Å². The minimum atomic E-state index is -2.35. The second-order valence-electron chi connectivity index (χ2n) is 3.81. The van der Waals surface area contributed by atoms with E-state index in [0.717, 1.165) is 11.0 Å². The van der Waals surface area contributed by atoms with E-state index in [0.29, 0.717) is 11.0 Å². The van der Waals surface area contributed by atoms with E-state index in [4.69, 9.17) is 5.73 Å². The third-order valence-electron chi connectivity index (χ3n) is 2.20. The van der Waals surface area contributed by atoms with Crippen LogP contribution in [0.4, 0.5) is 5.69 Å². The zero-order chi connectivity index (χ0) is 11.1. The van der Waals surface area contributed by atoms with Crippen LogP contribution in [0, 0.1) is 0 Å². The van der Waals surface area contributed by atoms with Gasteiger partial charge in [-0.25, -0.2) is 0 Å². The standard InChI is InChI=1S/C10H12N3OP/c1-15(2,14)10-6-9-8(5-7(10)11)12-3-4-13-9/h3-6H,11H2,1-2H3. The average Bonchev–Trinajstić information content (AvgIpc) is 2.15. The largest absolute Gasteiger partial charge is 0.398 e. The molecular formula is C10H12N3OP. The van der Waals surface area contributed by atoms with Crippen molar-refractivity contribution in [2.75, 3.05) is 19.1 Å². The van der Waals surface area contributed by atoms with Gasteiger partial charge < -0.3 is 10.3 Å². The number of nitrogens with zero attached hydrogens (tertiary/aromatic N) is 2. The Morgan fingerprint density at radius 2 is 1.67 bits per heavy atom. The predicted octanol–water partition coefficient (Wildman–Crippen LogP) is 1.46. The fourth-order valence-electron chi connectivity index (χ4n) is 1.48. The summed E-state index contributed by atoms with van der Waals surface area (Å²) in [6.07, 6.45) is 3.22. The van der Waals surface area contributed by atoms with Crippen molar-refractivity contribution < 1.29 is 4.57 Å². The number of hydrogen-bond donors (Lipinski definition) is 1. The Labute approximate surface area is 87.9 Å². The van der Waals surface area contributed by atoms with Crippen LogP contribution in [0.1, 0.15) is 0 Å². The summed E-state index contributed by atoms with van der Waals surface area (Å²) in [6.45, 7) is 3.39. The van der Waals surface area contributed by atoms with Crippen molar-refractivity contribution in [1.29, 1.82) is 0 Å². The molecule has 0 saturated carbocycles. The fraction of sp³-hybridized carbons (Fsp3) is 0.200.